The third-order valence-corrected chi connectivity index (χ3v) is 5.68. The lowest BCUT2D eigenvalue weighted by Crippen LogP contribution is -2.47. The van der Waals surface area contributed by atoms with Gasteiger partial charge in [-0.05, 0) is 57.5 Å². The van der Waals surface area contributed by atoms with Gasteiger partial charge >= 0.3 is 0 Å². The van der Waals surface area contributed by atoms with Gasteiger partial charge in [0, 0.05) is 15.8 Å². The Kier molecular flexibility index (Phi) is 3.72. The summed E-state index contributed by atoms with van der Waals surface area (Å²) in [5.41, 5.74) is -0.112. The minimum Gasteiger partial charge on any atom is -0.389 e. The van der Waals surface area contributed by atoms with Crippen LogP contribution in [0.2, 0.25) is 0 Å². The molecule has 1 nitrogen and oxygen atoms in total. The molecule has 0 saturated heterocycles. The van der Waals surface area contributed by atoms with Gasteiger partial charge < -0.3 is 5.11 Å². The quantitative estimate of drug-likeness (QED) is 0.807. The molecule has 1 aliphatic carbocycles. The summed E-state index contributed by atoms with van der Waals surface area (Å²) in [6.07, 6.45) is 3.76. The fourth-order valence-electron chi connectivity index (χ4n) is 4.14. The van der Waals surface area contributed by atoms with Crippen molar-refractivity contribution in [3.05, 3.63) is 20.8 Å². The lowest BCUT2D eigenvalue weighted by Gasteiger charge is -2.49. The lowest BCUT2D eigenvalue weighted by molar-refractivity contribution is -0.0847. The van der Waals surface area contributed by atoms with Gasteiger partial charge in [0.05, 0.1) is 5.60 Å². The Morgan fingerprint density at radius 3 is 2.17 bits per heavy atom. The molecule has 18 heavy (non-hydrogen) atoms. The predicted octanol–water partition coefficient (Wildman–Crippen LogP) is 5.02. The zero-order chi connectivity index (χ0) is 13.6. The minimum atomic E-state index is -0.557. The van der Waals surface area contributed by atoms with Crippen molar-refractivity contribution in [1.82, 2.24) is 0 Å². The van der Waals surface area contributed by atoms with Crippen molar-refractivity contribution >= 4 is 27.3 Å². The van der Waals surface area contributed by atoms with Crippen LogP contribution in [0.3, 0.4) is 0 Å². The Balaban J connectivity index is 2.22. The summed E-state index contributed by atoms with van der Waals surface area (Å²) < 4.78 is 1.14. The number of rotatable bonds is 2. The van der Waals surface area contributed by atoms with Crippen LogP contribution in [0.1, 0.15) is 51.8 Å². The van der Waals surface area contributed by atoms with Crippen molar-refractivity contribution in [2.24, 2.45) is 10.8 Å². The first-order valence-electron chi connectivity index (χ1n) is 6.55. The maximum Gasteiger partial charge on any atom is 0.0706 e. The molecule has 0 radical (unpaired) electrons. The summed E-state index contributed by atoms with van der Waals surface area (Å²) in [5.74, 6) is 0. The van der Waals surface area contributed by atoms with Crippen molar-refractivity contribution in [3.8, 4) is 0 Å². The Morgan fingerprint density at radius 1 is 1.17 bits per heavy atom. The molecule has 0 spiro atoms. The van der Waals surface area contributed by atoms with Crippen molar-refractivity contribution in [2.75, 3.05) is 0 Å². The minimum absolute atomic E-state index is 0.222. The highest BCUT2D eigenvalue weighted by Gasteiger charge is 2.46. The molecule has 1 aromatic rings. The summed E-state index contributed by atoms with van der Waals surface area (Å²) >= 11 is 5.31. The van der Waals surface area contributed by atoms with Crippen LogP contribution in [0.4, 0.5) is 0 Å². The summed E-state index contributed by atoms with van der Waals surface area (Å²) in [4.78, 5) is 1.27. The van der Waals surface area contributed by atoms with Crippen LogP contribution in [-0.4, -0.2) is 10.7 Å². The third kappa shape index (κ3) is 3.37. The maximum atomic E-state index is 11.0. The van der Waals surface area contributed by atoms with Gasteiger partial charge in [0.2, 0.25) is 0 Å². The topological polar surface area (TPSA) is 20.2 Å². The zero-order valence-electron chi connectivity index (χ0n) is 11.7. The average molecular weight is 331 g/mol. The highest BCUT2D eigenvalue weighted by Crippen LogP contribution is 2.51. The molecule has 1 aromatic heterocycles. The lowest BCUT2D eigenvalue weighted by atomic mass is 9.59. The monoisotopic (exact) mass is 330 g/mol. The molecule has 2 rings (SSSR count). The number of thiophene rings is 1. The van der Waals surface area contributed by atoms with Crippen LogP contribution in [0, 0.1) is 10.8 Å². The Bertz CT molecular complexity index is 417. The smallest absolute Gasteiger partial charge is 0.0706 e. The molecule has 0 aromatic carbocycles. The van der Waals surface area contributed by atoms with E-state index >= 15 is 0 Å². The van der Waals surface area contributed by atoms with Gasteiger partial charge in [-0.25, -0.2) is 0 Å². The molecule has 102 valence electrons. The SMILES string of the molecule is CC1(C)CC(C)(C)CC(O)(Cc2sccc2Br)C1. The van der Waals surface area contributed by atoms with Crippen LogP contribution in [-0.2, 0) is 6.42 Å². The van der Waals surface area contributed by atoms with E-state index in [9.17, 15) is 5.11 Å². The Morgan fingerprint density at radius 2 is 1.72 bits per heavy atom. The summed E-state index contributed by atoms with van der Waals surface area (Å²) in [5, 5.41) is 13.1. The van der Waals surface area contributed by atoms with E-state index in [1.807, 2.05) is 0 Å². The van der Waals surface area contributed by atoms with Gasteiger partial charge in [0.1, 0.15) is 0 Å². The van der Waals surface area contributed by atoms with Gasteiger partial charge in [-0.1, -0.05) is 27.7 Å². The van der Waals surface area contributed by atoms with Gasteiger partial charge in [0.15, 0.2) is 0 Å². The fourth-order valence-corrected chi connectivity index (χ4v) is 5.77. The average Bonchev–Trinajstić information content (AvgIpc) is 2.43. The molecule has 0 atom stereocenters. The largest absolute Gasteiger partial charge is 0.389 e. The van der Waals surface area contributed by atoms with Gasteiger partial charge in [-0.15, -0.1) is 11.3 Å². The molecule has 0 bridgehead atoms. The molecule has 3 heteroatoms. The molecule has 0 amide bonds. The van der Waals surface area contributed by atoms with E-state index in [4.69, 9.17) is 0 Å². The van der Waals surface area contributed by atoms with E-state index < -0.39 is 5.60 Å². The molecule has 1 heterocycles. The normalized spacial score (nSPS) is 25.0. The van der Waals surface area contributed by atoms with E-state index in [1.54, 1.807) is 11.3 Å². The van der Waals surface area contributed by atoms with Gasteiger partial charge in [0.25, 0.3) is 0 Å². The molecule has 0 aliphatic heterocycles. The second-order valence-electron chi connectivity index (χ2n) is 7.45. The number of aliphatic hydroxyl groups is 1. The molecule has 1 N–H and O–H groups in total. The Hall–Kier alpha value is 0.140. The predicted molar refractivity (Wildman–Crippen MR) is 82.1 cm³/mol. The van der Waals surface area contributed by atoms with Gasteiger partial charge in [-0.2, -0.15) is 0 Å². The summed E-state index contributed by atoms with van der Waals surface area (Å²) in [6.45, 7) is 9.12. The van der Waals surface area contributed by atoms with E-state index in [0.717, 1.165) is 23.7 Å². The number of hydrogen-bond acceptors (Lipinski definition) is 2. The third-order valence-electron chi connectivity index (χ3n) is 3.75. The standard InChI is InChI=1S/C15H23BrOS/c1-13(2)8-14(3,4)10-15(17,9-13)7-12-11(16)5-6-18-12/h5-6,17H,7-10H2,1-4H3. The molecular weight excluding hydrogens is 308 g/mol. The zero-order valence-corrected chi connectivity index (χ0v) is 14.1. The van der Waals surface area contributed by atoms with E-state index in [1.165, 1.54) is 11.3 Å². The summed E-state index contributed by atoms with van der Waals surface area (Å²) in [6, 6.07) is 2.07. The molecule has 1 aliphatic rings. The van der Waals surface area contributed by atoms with Crippen molar-refractivity contribution in [3.63, 3.8) is 0 Å². The second-order valence-corrected chi connectivity index (χ2v) is 9.31. The molecular formula is C15H23BrOS. The van der Waals surface area contributed by atoms with Gasteiger partial charge in [-0.3, -0.25) is 0 Å². The van der Waals surface area contributed by atoms with Crippen molar-refractivity contribution in [2.45, 2.75) is 59.0 Å². The van der Waals surface area contributed by atoms with Crippen LogP contribution in [0.5, 0.6) is 0 Å². The van der Waals surface area contributed by atoms with Crippen LogP contribution in [0.25, 0.3) is 0 Å². The fraction of sp³-hybridized carbons (Fsp3) is 0.733. The highest BCUT2D eigenvalue weighted by molar-refractivity contribution is 9.10. The maximum absolute atomic E-state index is 11.0. The highest BCUT2D eigenvalue weighted by atomic mass is 79.9. The van der Waals surface area contributed by atoms with Crippen LogP contribution >= 0.6 is 27.3 Å². The second kappa shape index (κ2) is 4.60. The van der Waals surface area contributed by atoms with Crippen LogP contribution in [0.15, 0.2) is 15.9 Å². The molecule has 0 unspecified atom stereocenters. The van der Waals surface area contributed by atoms with Crippen LogP contribution < -0.4 is 0 Å². The van der Waals surface area contributed by atoms with E-state index in [2.05, 4.69) is 55.1 Å². The first kappa shape index (κ1) is 14.5. The first-order valence-corrected chi connectivity index (χ1v) is 8.23. The summed E-state index contributed by atoms with van der Waals surface area (Å²) in [7, 11) is 0. The Labute approximate surface area is 123 Å². The van der Waals surface area contributed by atoms with E-state index in [-0.39, 0.29) is 10.8 Å². The first-order chi connectivity index (χ1) is 8.11. The molecule has 1 saturated carbocycles. The number of hydrogen-bond donors (Lipinski definition) is 1. The van der Waals surface area contributed by atoms with E-state index in [0.29, 0.717) is 0 Å². The van der Waals surface area contributed by atoms with Crippen molar-refractivity contribution in [1.29, 1.82) is 0 Å². The molecule has 1 fully saturated rings. The number of halogens is 1. The van der Waals surface area contributed by atoms with Crippen molar-refractivity contribution < 1.29 is 5.11 Å².